The highest BCUT2D eigenvalue weighted by molar-refractivity contribution is 6.14. The molecule has 2 heterocycles. The quantitative estimate of drug-likeness (QED) is 0.880. The summed E-state index contributed by atoms with van der Waals surface area (Å²) in [5.74, 6) is -1.87. The van der Waals surface area contributed by atoms with Crippen LogP contribution in [0.3, 0.4) is 0 Å². The molecule has 1 N–H and O–H groups in total. The lowest BCUT2D eigenvalue weighted by molar-refractivity contribution is -0.126. The molecule has 23 heavy (non-hydrogen) atoms. The Morgan fingerprint density at radius 3 is 2.61 bits per heavy atom. The van der Waals surface area contributed by atoms with E-state index in [1.165, 1.54) is 30.3 Å². The van der Waals surface area contributed by atoms with E-state index in [1.54, 1.807) is 18.2 Å². The van der Waals surface area contributed by atoms with Crippen molar-refractivity contribution in [2.45, 2.75) is 6.42 Å². The standard InChI is InChI=1S/C17H14FNO4/c1-19-8-13(16(21)17(19)22)15(20)14-7-11(9-23-14)6-10-2-4-12(18)5-3-10/h2-5,7,9,21H,6,8H2,1H3. The van der Waals surface area contributed by atoms with E-state index in [4.69, 9.17) is 4.42 Å². The Kier molecular flexibility index (Phi) is 3.73. The van der Waals surface area contributed by atoms with Gasteiger partial charge in [0.25, 0.3) is 5.91 Å². The van der Waals surface area contributed by atoms with Gasteiger partial charge in [-0.25, -0.2) is 4.39 Å². The number of halogens is 1. The second-order valence-corrected chi connectivity index (χ2v) is 5.44. The van der Waals surface area contributed by atoms with Crippen LogP contribution in [0.2, 0.25) is 0 Å². The molecule has 0 spiro atoms. The number of aliphatic hydroxyl groups excluding tert-OH is 1. The third kappa shape index (κ3) is 2.88. The number of carbonyl (C=O) groups is 2. The Morgan fingerprint density at radius 1 is 1.30 bits per heavy atom. The van der Waals surface area contributed by atoms with Crippen LogP contribution < -0.4 is 0 Å². The first-order valence-corrected chi connectivity index (χ1v) is 7.00. The summed E-state index contributed by atoms with van der Waals surface area (Å²) < 4.78 is 18.1. The molecule has 1 aromatic carbocycles. The van der Waals surface area contributed by atoms with E-state index in [0.29, 0.717) is 6.42 Å². The maximum absolute atomic E-state index is 12.9. The van der Waals surface area contributed by atoms with Crippen LogP contribution in [0.15, 0.2) is 52.3 Å². The molecule has 1 amide bonds. The molecule has 118 valence electrons. The van der Waals surface area contributed by atoms with Crippen LogP contribution in [0, 0.1) is 5.82 Å². The van der Waals surface area contributed by atoms with E-state index in [-0.39, 0.29) is 23.7 Å². The number of rotatable bonds is 4. The summed E-state index contributed by atoms with van der Waals surface area (Å²) in [5.41, 5.74) is 1.65. The minimum Gasteiger partial charge on any atom is -0.503 e. The van der Waals surface area contributed by atoms with Crippen LogP contribution in [0.5, 0.6) is 0 Å². The number of benzene rings is 1. The van der Waals surface area contributed by atoms with Gasteiger partial charge in [-0.1, -0.05) is 12.1 Å². The van der Waals surface area contributed by atoms with Gasteiger partial charge in [0.1, 0.15) is 5.82 Å². The molecule has 0 saturated carbocycles. The van der Waals surface area contributed by atoms with Crippen molar-refractivity contribution in [1.29, 1.82) is 0 Å². The van der Waals surface area contributed by atoms with Gasteiger partial charge >= 0.3 is 0 Å². The fourth-order valence-electron chi connectivity index (χ4n) is 2.45. The zero-order chi connectivity index (χ0) is 16.6. The number of likely N-dealkylation sites (N-methyl/N-ethyl adjacent to an activating group) is 1. The molecule has 5 nitrogen and oxygen atoms in total. The number of hydrogen-bond acceptors (Lipinski definition) is 4. The fraction of sp³-hybridized carbons (Fsp3) is 0.176. The molecule has 0 bridgehead atoms. The highest BCUT2D eigenvalue weighted by Crippen LogP contribution is 2.22. The first kappa shape index (κ1) is 15.0. The topological polar surface area (TPSA) is 70.8 Å². The van der Waals surface area contributed by atoms with E-state index in [9.17, 15) is 19.1 Å². The van der Waals surface area contributed by atoms with E-state index in [2.05, 4.69) is 0 Å². The van der Waals surface area contributed by atoms with Gasteiger partial charge in [-0.3, -0.25) is 9.59 Å². The molecule has 6 heteroatoms. The molecular formula is C17H14FNO4. The molecule has 0 aliphatic carbocycles. The van der Waals surface area contributed by atoms with Crippen molar-refractivity contribution in [2.24, 2.45) is 0 Å². The summed E-state index contributed by atoms with van der Waals surface area (Å²) in [6.45, 7) is 0.0531. The number of hydrogen-bond donors (Lipinski definition) is 1. The predicted molar refractivity (Wildman–Crippen MR) is 79.5 cm³/mol. The van der Waals surface area contributed by atoms with Crippen LogP contribution in [-0.2, 0) is 11.2 Å². The molecule has 0 unspecified atom stereocenters. The van der Waals surface area contributed by atoms with Gasteiger partial charge in [0, 0.05) is 13.5 Å². The van der Waals surface area contributed by atoms with Gasteiger partial charge in [0.15, 0.2) is 11.5 Å². The zero-order valence-corrected chi connectivity index (χ0v) is 12.4. The van der Waals surface area contributed by atoms with Crippen molar-refractivity contribution in [1.82, 2.24) is 4.90 Å². The highest BCUT2D eigenvalue weighted by atomic mass is 19.1. The minimum absolute atomic E-state index is 0.0279. The second kappa shape index (κ2) is 5.72. The third-order valence-electron chi connectivity index (χ3n) is 3.70. The van der Waals surface area contributed by atoms with Gasteiger partial charge in [-0.2, -0.15) is 0 Å². The molecule has 1 aromatic heterocycles. The van der Waals surface area contributed by atoms with E-state index < -0.39 is 17.4 Å². The first-order chi connectivity index (χ1) is 11.0. The number of carbonyl (C=O) groups excluding carboxylic acids is 2. The maximum atomic E-state index is 12.9. The Hall–Kier alpha value is -2.89. The summed E-state index contributed by atoms with van der Waals surface area (Å²) >= 11 is 0. The van der Waals surface area contributed by atoms with Crippen molar-refractivity contribution < 1.29 is 23.5 Å². The Bertz CT molecular complexity index is 804. The van der Waals surface area contributed by atoms with E-state index in [0.717, 1.165) is 11.1 Å². The maximum Gasteiger partial charge on any atom is 0.289 e. The van der Waals surface area contributed by atoms with Gasteiger partial charge in [0.05, 0.1) is 18.4 Å². The predicted octanol–water partition coefficient (Wildman–Crippen LogP) is 2.48. The number of amides is 1. The third-order valence-corrected chi connectivity index (χ3v) is 3.70. The van der Waals surface area contributed by atoms with Crippen molar-refractivity contribution in [3.8, 4) is 0 Å². The lowest BCUT2D eigenvalue weighted by atomic mass is 10.1. The van der Waals surface area contributed by atoms with Gasteiger partial charge in [0.2, 0.25) is 5.78 Å². The molecule has 0 radical (unpaired) electrons. The largest absolute Gasteiger partial charge is 0.503 e. The normalized spacial score (nSPS) is 14.7. The van der Waals surface area contributed by atoms with Crippen LogP contribution in [0.4, 0.5) is 4.39 Å². The van der Waals surface area contributed by atoms with E-state index >= 15 is 0 Å². The molecule has 2 aromatic rings. The Balaban J connectivity index is 1.78. The van der Waals surface area contributed by atoms with Crippen molar-refractivity contribution >= 4 is 11.7 Å². The average Bonchev–Trinajstić information content (AvgIpc) is 3.10. The van der Waals surface area contributed by atoms with Crippen LogP contribution in [0.1, 0.15) is 21.7 Å². The van der Waals surface area contributed by atoms with Crippen LogP contribution >= 0.6 is 0 Å². The summed E-state index contributed by atoms with van der Waals surface area (Å²) in [5, 5.41) is 9.72. The fourth-order valence-corrected chi connectivity index (χ4v) is 2.45. The SMILES string of the molecule is CN1CC(C(=O)c2cc(Cc3ccc(F)cc3)co2)=C(O)C1=O. The number of aliphatic hydroxyl groups is 1. The summed E-state index contributed by atoms with van der Waals surface area (Å²) in [6, 6.07) is 7.61. The number of furan rings is 1. The number of Topliss-reactive ketones (excluding diaryl/α,β-unsaturated/α-hetero) is 1. The molecule has 0 fully saturated rings. The van der Waals surface area contributed by atoms with Gasteiger partial charge in [-0.05, 0) is 29.3 Å². The van der Waals surface area contributed by atoms with Crippen molar-refractivity contribution in [3.63, 3.8) is 0 Å². The molecule has 1 aliphatic heterocycles. The molecule has 1 aliphatic rings. The zero-order valence-electron chi connectivity index (χ0n) is 12.4. The summed E-state index contributed by atoms with van der Waals surface area (Å²) in [7, 11) is 1.50. The van der Waals surface area contributed by atoms with E-state index in [1.807, 2.05) is 0 Å². The first-order valence-electron chi connectivity index (χ1n) is 7.00. The number of nitrogens with zero attached hydrogens (tertiary/aromatic N) is 1. The van der Waals surface area contributed by atoms with Gasteiger partial charge in [-0.15, -0.1) is 0 Å². The van der Waals surface area contributed by atoms with Crippen molar-refractivity contribution in [2.75, 3.05) is 13.6 Å². The molecular weight excluding hydrogens is 301 g/mol. The highest BCUT2D eigenvalue weighted by Gasteiger charge is 2.33. The lowest BCUT2D eigenvalue weighted by Gasteiger charge is -2.05. The molecule has 0 saturated heterocycles. The Morgan fingerprint density at radius 2 is 2.00 bits per heavy atom. The smallest absolute Gasteiger partial charge is 0.289 e. The monoisotopic (exact) mass is 315 g/mol. The lowest BCUT2D eigenvalue weighted by Crippen LogP contribution is -2.22. The molecule has 0 atom stereocenters. The minimum atomic E-state index is -0.577. The summed E-state index contributed by atoms with van der Waals surface area (Å²) in [6.07, 6.45) is 1.93. The second-order valence-electron chi connectivity index (χ2n) is 5.44. The molecule has 3 rings (SSSR count). The van der Waals surface area contributed by atoms with Crippen molar-refractivity contribution in [3.05, 3.63) is 70.6 Å². The Labute approximate surface area is 131 Å². The average molecular weight is 315 g/mol. The van der Waals surface area contributed by atoms with Gasteiger partial charge < -0.3 is 14.4 Å². The summed E-state index contributed by atoms with van der Waals surface area (Å²) in [4.78, 5) is 25.1. The van der Waals surface area contributed by atoms with Crippen LogP contribution in [0.25, 0.3) is 0 Å². The number of ketones is 1. The van der Waals surface area contributed by atoms with Crippen LogP contribution in [-0.4, -0.2) is 35.3 Å².